The number of aryl methyl sites for hydroxylation is 1. The summed E-state index contributed by atoms with van der Waals surface area (Å²) in [5.74, 6) is 0.420. The Morgan fingerprint density at radius 1 is 1.11 bits per heavy atom. The molecule has 1 N–H and O–H groups in total. The predicted octanol–water partition coefficient (Wildman–Crippen LogP) is 3.65. The number of fused-ring (bicyclic) bond motifs is 1. The van der Waals surface area contributed by atoms with Crippen LogP contribution in [0.15, 0.2) is 60.9 Å². The molecule has 134 valence electrons. The SMILES string of the molecule is COc1ccc(-c2cc3ncc(C(=O)c4cc(C)ccc4O)cn3n2)cc1. The lowest BCUT2D eigenvalue weighted by atomic mass is 10.0. The summed E-state index contributed by atoms with van der Waals surface area (Å²) in [4.78, 5) is 17.1. The number of carbonyl (C=O) groups excluding carboxylic acids is 1. The van der Waals surface area contributed by atoms with E-state index in [2.05, 4.69) is 10.1 Å². The summed E-state index contributed by atoms with van der Waals surface area (Å²) in [6.07, 6.45) is 3.12. The number of ether oxygens (including phenoxy) is 1. The molecule has 0 saturated heterocycles. The van der Waals surface area contributed by atoms with Gasteiger partial charge in [0.25, 0.3) is 0 Å². The zero-order valence-corrected chi connectivity index (χ0v) is 14.9. The molecular weight excluding hydrogens is 342 g/mol. The molecule has 0 aliphatic heterocycles. The molecule has 0 saturated carbocycles. The molecule has 2 aromatic heterocycles. The fourth-order valence-electron chi connectivity index (χ4n) is 2.88. The normalized spacial score (nSPS) is 10.9. The van der Waals surface area contributed by atoms with Crippen molar-refractivity contribution in [2.24, 2.45) is 0 Å². The zero-order chi connectivity index (χ0) is 19.0. The molecule has 0 fully saturated rings. The van der Waals surface area contributed by atoms with Gasteiger partial charge in [0.15, 0.2) is 11.4 Å². The lowest BCUT2D eigenvalue weighted by Gasteiger charge is -2.05. The first-order chi connectivity index (χ1) is 13.0. The highest BCUT2D eigenvalue weighted by Crippen LogP contribution is 2.24. The highest BCUT2D eigenvalue weighted by atomic mass is 16.5. The van der Waals surface area contributed by atoms with E-state index in [0.717, 1.165) is 22.6 Å². The molecule has 2 aromatic carbocycles. The Morgan fingerprint density at radius 3 is 2.63 bits per heavy atom. The lowest BCUT2D eigenvalue weighted by molar-refractivity contribution is 0.103. The Morgan fingerprint density at radius 2 is 1.89 bits per heavy atom. The quantitative estimate of drug-likeness (QED) is 0.563. The van der Waals surface area contributed by atoms with Crippen LogP contribution in [-0.2, 0) is 0 Å². The van der Waals surface area contributed by atoms with Crippen LogP contribution in [0.3, 0.4) is 0 Å². The van der Waals surface area contributed by atoms with Crippen LogP contribution in [0.25, 0.3) is 16.9 Å². The first-order valence-corrected chi connectivity index (χ1v) is 8.39. The molecule has 0 radical (unpaired) electrons. The number of hydrogen-bond donors (Lipinski definition) is 1. The van der Waals surface area contributed by atoms with E-state index in [1.165, 1.54) is 12.3 Å². The van der Waals surface area contributed by atoms with Gasteiger partial charge in [0.05, 0.1) is 23.9 Å². The van der Waals surface area contributed by atoms with Crippen molar-refractivity contribution in [2.45, 2.75) is 6.92 Å². The Hall–Kier alpha value is -3.67. The molecule has 4 aromatic rings. The maximum atomic E-state index is 12.8. The molecule has 27 heavy (non-hydrogen) atoms. The van der Waals surface area contributed by atoms with E-state index in [-0.39, 0.29) is 17.1 Å². The van der Waals surface area contributed by atoms with Crippen molar-refractivity contribution in [1.29, 1.82) is 0 Å². The van der Waals surface area contributed by atoms with Gasteiger partial charge in [0.1, 0.15) is 11.5 Å². The topological polar surface area (TPSA) is 76.7 Å². The van der Waals surface area contributed by atoms with Crippen molar-refractivity contribution in [1.82, 2.24) is 14.6 Å². The van der Waals surface area contributed by atoms with Gasteiger partial charge in [-0.2, -0.15) is 5.10 Å². The molecule has 0 bridgehead atoms. The summed E-state index contributed by atoms with van der Waals surface area (Å²) >= 11 is 0. The highest BCUT2D eigenvalue weighted by Gasteiger charge is 2.16. The van der Waals surface area contributed by atoms with Crippen LogP contribution in [0.2, 0.25) is 0 Å². The Bertz CT molecular complexity index is 1150. The number of nitrogens with zero attached hydrogens (tertiary/aromatic N) is 3. The summed E-state index contributed by atoms with van der Waals surface area (Å²) < 4.78 is 6.74. The van der Waals surface area contributed by atoms with E-state index in [0.29, 0.717) is 11.2 Å². The number of ketones is 1. The molecule has 0 spiro atoms. The van der Waals surface area contributed by atoms with E-state index in [1.54, 1.807) is 30.0 Å². The van der Waals surface area contributed by atoms with Crippen LogP contribution in [0, 0.1) is 6.92 Å². The molecule has 6 nitrogen and oxygen atoms in total. The van der Waals surface area contributed by atoms with Gasteiger partial charge in [-0.25, -0.2) is 9.50 Å². The van der Waals surface area contributed by atoms with Gasteiger partial charge in [0, 0.05) is 24.0 Å². The summed E-state index contributed by atoms with van der Waals surface area (Å²) in [5.41, 5.74) is 3.79. The summed E-state index contributed by atoms with van der Waals surface area (Å²) in [5, 5.41) is 14.5. The third-order valence-electron chi connectivity index (χ3n) is 4.36. The number of benzene rings is 2. The van der Waals surface area contributed by atoms with Crippen LogP contribution in [0.4, 0.5) is 0 Å². The Kier molecular flexibility index (Phi) is 4.08. The average Bonchev–Trinajstić information content (AvgIpc) is 3.12. The minimum Gasteiger partial charge on any atom is -0.507 e. The van der Waals surface area contributed by atoms with Crippen molar-refractivity contribution in [3.8, 4) is 22.8 Å². The third-order valence-corrected chi connectivity index (χ3v) is 4.36. The van der Waals surface area contributed by atoms with Crippen LogP contribution in [0.1, 0.15) is 21.5 Å². The van der Waals surface area contributed by atoms with Crippen LogP contribution in [0.5, 0.6) is 11.5 Å². The maximum absolute atomic E-state index is 12.8. The number of rotatable bonds is 4. The van der Waals surface area contributed by atoms with Crippen molar-refractivity contribution >= 4 is 11.4 Å². The van der Waals surface area contributed by atoms with E-state index in [9.17, 15) is 9.90 Å². The molecule has 6 heteroatoms. The second-order valence-corrected chi connectivity index (χ2v) is 6.25. The lowest BCUT2D eigenvalue weighted by Crippen LogP contribution is -2.05. The number of aromatic hydroxyl groups is 1. The number of aromatic nitrogens is 3. The first-order valence-electron chi connectivity index (χ1n) is 8.39. The average molecular weight is 359 g/mol. The van der Waals surface area contributed by atoms with Gasteiger partial charge < -0.3 is 9.84 Å². The maximum Gasteiger partial charge on any atom is 0.199 e. The fraction of sp³-hybridized carbons (Fsp3) is 0.0952. The predicted molar refractivity (Wildman–Crippen MR) is 101 cm³/mol. The largest absolute Gasteiger partial charge is 0.507 e. The molecule has 4 rings (SSSR count). The first kappa shape index (κ1) is 16.8. The highest BCUT2D eigenvalue weighted by molar-refractivity contribution is 6.10. The van der Waals surface area contributed by atoms with Gasteiger partial charge >= 0.3 is 0 Å². The second-order valence-electron chi connectivity index (χ2n) is 6.25. The smallest absolute Gasteiger partial charge is 0.199 e. The van der Waals surface area contributed by atoms with Crippen LogP contribution >= 0.6 is 0 Å². The van der Waals surface area contributed by atoms with Gasteiger partial charge in [-0.3, -0.25) is 4.79 Å². The Labute approximate surface area is 155 Å². The number of phenolic OH excluding ortho intramolecular Hbond substituents is 1. The van der Waals surface area contributed by atoms with Crippen LogP contribution in [-0.4, -0.2) is 32.6 Å². The molecule has 0 amide bonds. The Balaban J connectivity index is 1.72. The summed E-state index contributed by atoms with van der Waals surface area (Å²) in [7, 11) is 1.62. The molecule has 2 heterocycles. The van der Waals surface area contributed by atoms with Crippen molar-refractivity contribution < 1.29 is 14.6 Å². The molecular formula is C21H17N3O3. The van der Waals surface area contributed by atoms with Gasteiger partial charge in [-0.15, -0.1) is 0 Å². The fourth-order valence-corrected chi connectivity index (χ4v) is 2.88. The second kappa shape index (κ2) is 6.57. The van der Waals surface area contributed by atoms with E-state index < -0.39 is 0 Å². The van der Waals surface area contributed by atoms with E-state index >= 15 is 0 Å². The molecule has 0 unspecified atom stereocenters. The van der Waals surface area contributed by atoms with Crippen molar-refractivity contribution in [3.63, 3.8) is 0 Å². The summed E-state index contributed by atoms with van der Waals surface area (Å²) in [6.45, 7) is 1.87. The monoisotopic (exact) mass is 359 g/mol. The standard InChI is InChI=1S/C21H17N3O3/c1-13-3-8-19(25)17(9-13)21(26)15-11-22-20-10-18(23-24(20)12-15)14-4-6-16(27-2)7-5-14/h3-12,25H,1-2H3. The third kappa shape index (κ3) is 3.13. The van der Waals surface area contributed by atoms with Crippen molar-refractivity contribution in [2.75, 3.05) is 7.11 Å². The molecule has 0 aliphatic rings. The van der Waals surface area contributed by atoms with E-state index in [4.69, 9.17) is 4.74 Å². The number of phenols is 1. The minimum absolute atomic E-state index is 0.0508. The number of methoxy groups -OCH3 is 1. The van der Waals surface area contributed by atoms with Crippen molar-refractivity contribution in [3.05, 3.63) is 77.6 Å². The van der Waals surface area contributed by atoms with Gasteiger partial charge in [-0.1, -0.05) is 11.6 Å². The zero-order valence-electron chi connectivity index (χ0n) is 14.9. The van der Waals surface area contributed by atoms with Crippen LogP contribution < -0.4 is 4.74 Å². The van der Waals surface area contributed by atoms with Gasteiger partial charge in [-0.05, 0) is 43.3 Å². The number of hydrogen-bond acceptors (Lipinski definition) is 5. The number of carbonyl (C=O) groups is 1. The molecule has 0 atom stereocenters. The summed E-state index contributed by atoms with van der Waals surface area (Å²) in [6, 6.07) is 14.3. The molecule has 0 aliphatic carbocycles. The van der Waals surface area contributed by atoms with Gasteiger partial charge in [0.2, 0.25) is 0 Å². The van der Waals surface area contributed by atoms with E-state index in [1.807, 2.05) is 37.3 Å². The minimum atomic E-state index is -0.299.